The molecule has 2 aromatic rings. The molecule has 0 radical (unpaired) electrons. The van der Waals surface area contributed by atoms with E-state index in [0.29, 0.717) is 0 Å². The first kappa shape index (κ1) is 12.0. The number of hydrogen-bond acceptors (Lipinski definition) is 3. The summed E-state index contributed by atoms with van der Waals surface area (Å²) in [6.07, 6.45) is 12.1. The third kappa shape index (κ3) is 2.82. The molecule has 1 N–H and O–H groups in total. The molecule has 1 unspecified atom stereocenters. The van der Waals surface area contributed by atoms with E-state index >= 15 is 0 Å². The van der Waals surface area contributed by atoms with E-state index in [-0.39, 0.29) is 0 Å². The molecule has 17 heavy (non-hydrogen) atoms. The minimum atomic E-state index is -0.423. The number of unbranched alkanes of at least 4 members (excludes halogenated alkanes) is 3. The van der Waals surface area contributed by atoms with Crippen molar-refractivity contribution in [2.45, 2.75) is 45.1 Å². The molecule has 2 aromatic heterocycles. The van der Waals surface area contributed by atoms with Gasteiger partial charge in [0.1, 0.15) is 0 Å². The first-order valence-electron chi connectivity index (χ1n) is 6.28. The molecule has 0 amide bonds. The highest BCUT2D eigenvalue weighted by Crippen LogP contribution is 2.23. The lowest BCUT2D eigenvalue weighted by Gasteiger charge is -2.08. The van der Waals surface area contributed by atoms with Gasteiger partial charge in [0.2, 0.25) is 0 Å². The Balaban J connectivity index is 2.01. The fourth-order valence-corrected chi connectivity index (χ4v) is 2.03. The van der Waals surface area contributed by atoms with E-state index in [4.69, 9.17) is 0 Å². The molecule has 92 valence electrons. The molecule has 2 rings (SSSR count). The van der Waals surface area contributed by atoms with Crippen molar-refractivity contribution in [2.75, 3.05) is 0 Å². The van der Waals surface area contributed by atoms with E-state index in [2.05, 4.69) is 17.0 Å². The van der Waals surface area contributed by atoms with Gasteiger partial charge in [-0.05, 0) is 6.42 Å². The summed E-state index contributed by atoms with van der Waals surface area (Å²) in [7, 11) is 0. The number of fused-ring (bicyclic) bond motifs is 1. The van der Waals surface area contributed by atoms with Crippen molar-refractivity contribution in [3.8, 4) is 0 Å². The Kier molecular flexibility index (Phi) is 4.09. The molecule has 1 atom stereocenters. The normalized spacial score (nSPS) is 13.1. The zero-order chi connectivity index (χ0) is 12.1. The van der Waals surface area contributed by atoms with Gasteiger partial charge in [-0.1, -0.05) is 32.6 Å². The number of aliphatic hydroxyl groups is 1. The van der Waals surface area contributed by atoms with Gasteiger partial charge in [0.25, 0.3) is 0 Å². The average molecular weight is 233 g/mol. The molecular formula is C13H19N3O. The number of aliphatic hydroxyl groups excluding tert-OH is 1. The lowest BCUT2D eigenvalue weighted by molar-refractivity contribution is 0.165. The van der Waals surface area contributed by atoms with Crippen LogP contribution in [-0.2, 0) is 0 Å². The van der Waals surface area contributed by atoms with E-state index in [9.17, 15) is 5.11 Å². The molecule has 0 fully saturated rings. The van der Waals surface area contributed by atoms with Gasteiger partial charge in [0.05, 0.1) is 24.0 Å². The molecule has 2 heterocycles. The number of nitrogens with zero attached hydrogens (tertiary/aromatic N) is 3. The van der Waals surface area contributed by atoms with Crippen LogP contribution < -0.4 is 0 Å². The van der Waals surface area contributed by atoms with E-state index in [1.165, 1.54) is 19.3 Å². The zero-order valence-electron chi connectivity index (χ0n) is 10.2. The van der Waals surface area contributed by atoms with Gasteiger partial charge >= 0.3 is 0 Å². The number of aromatic nitrogens is 3. The first-order valence-corrected chi connectivity index (χ1v) is 6.28. The van der Waals surface area contributed by atoms with Gasteiger partial charge < -0.3 is 5.11 Å². The van der Waals surface area contributed by atoms with Crippen molar-refractivity contribution in [3.63, 3.8) is 0 Å². The summed E-state index contributed by atoms with van der Waals surface area (Å²) in [5, 5.41) is 14.3. The van der Waals surface area contributed by atoms with Crippen LogP contribution in [0.3, 0.4) is 0 Å². The summed E-state index contributed by atoms with van der Waals surface area (Å²) < 4.78 is 1.75. The van der Waals surface area contributed by atoms with Gasteiger partial charge in [-0.15, -0.1) is 0 Å². The Morgan fingerprint density at radius 2 is 2.18 bits per heavy atom. The quantitative estimate of drug-likeness (QED) is 0.780. The Hall–Kier alpha value is -1.42. The van der Waals surface area contributed by atoms with Crippen LogP contribution in [0.1, 0.15) is 50.7 Å². The maximum absolute atomic E-state index is 10.1. The molecular weight excluding hydrogens is 214 g/mol. The van der Waals surface area contributed by atoms with Gasteiger partial charge in [-0.3, -0.25) is 4.98 Å². The molecule has 0 aliphatic heterocycles. The summed E-state index contributed by atoms with van der Waals surface area (Å²) >= 11 is 0. The monoisotopic (exact) mass is 233 g/mol. The van der Waals surface area contributed by atoms with Crippen LogP contribution in [-0.4, -0.2) is 19.7 Å². The van der Waals surface area contributed by atoms with Crippen LogP contribution in [0.4, 0.5) is 0 Å². The maximum Gasteiger partial charge on any atom is 0.0902 e. The van der Waals surface area contributed by atoms with Gasteiger partial charge in [-0.2, -0.15) is 5.10 Å². The topological polar surface area (TPSA) is 50.4 Å². The van der Waals surface area contributed by atoms with Crippen LogP contribution in [0.2, 0.25) is 0 Å². The predicted molar refractivity (Wildman–Crippen MR) is 66.7 cm³/mol. The van der Waals surface area contributed by atoms with Gasteiger partial charge in [-0.25, -0.2) is 4.52 Å². The molecule has 0 aliphatic carbocycles. The highest BCUT2D eigenvalue weighted by atomic mass is 16.3. The highest BCUT2D eigenvalue weighted by molar-refractivity contribution is 5.52. The summed E-state index contributed by atoms with van der Waals surface area (Å²) in [4.78, 5) is 4.07. The molecule has 0 spiro atoms. The van der Waals surface area contributed by atoms with Crippen LogP contribution in [0, 0.1) is 0 Å². The SMILES string of the molecule is CCCCCCC(O)c1cnn2ccncc12. The van der Waals surface area contributed by atoms with Crippen LogP contribution in [0.5, 0.6) is 0 Å². The largest absolute Gasteiger partial charge is 0.388 e. The molecule has 4 heteroatoms. The lowest BCUT2D eigenvalue weighted by atomic mass is 10.0. The third-order valence-corrected chi connectivity index (χ3v) is 3.04. The van der Waals surface area contributed by atoms with E-state index in [0.717, 1.165) is 23.9 Å². The number of rotatable bonds is 6. The average Bonchev–Trinajstić information content (AvgIpc) is 2.78. The molecule has 0 aromatic carbocycles. The smallest absolute Gasteiger partial charge is 0.0902 e. The first-order chi connectivity index (χ1) is 8.33. The van der Waals surface area contributed by atoms with Crippen molar-refractivity contribution >= 4 is 5.52 Å². The Bertz CT molecular complexity index is 466. The van der Waals surface area contributed by atoms with Crippen molar-refractivity contribution in [1.29, 1.82) is 0 Å². The molecule has 0 aliphatic rings. The summed E-state index contributed by atoms with van der Waals surface area (Å²) in [6.45, 7) is 2.19. The van der Waals surface area contributed by atoms with E-state index in [1.54, 1.807) is 29.3 Å². The minimum Gasteiger partial charge on any atom is -0.388 e. The Labute approximate surface area is 101 Å². The Morgan fingerprint density at radius 3 is 3.00 bits per heavy atom. The summed E-state index contributed by atoms with van der Waals surface area (Å²) in [6, 6.07) is 0. The zero-order valence-corrected chi connectivity index (χ0v) is 10.2. The second-order valence-corrected chi connectivity index (χ2v) is 4.37. The molecule has 0 bridgehead atoms. The van der Waals surface area contributed by atoms with Crippen LogP contribution >= 0.6 is 0 Å². The van der Waals surface area contributed by atoms with Crippen LogP contribution in [0.15, 0.2) is 24.8 Å². The third-order valence-electron chi connectivity index (χ3n) is 3.04. The van der Waals surface area contributed by atoms with Crippen molar-refractivity contribution < 1.29 is 5.11 Å². The molecule has 0 saturated heterocycles. The molecule has 0 saturated carbocycles. The maximum atomic E-state index is 10.1. The summed E-state index contributed by atoms with van der Waals surface area (Å²) in [5.74, 6) is 0. The molecule has 4 nitrogen and oxygen atoms in total. The van der Waals surface area contributed by atoms with E-state index in [1.807, 2.05) is 0 Å². The van der Waals surface area contributed by atoms with Crippen molar-refractivity contribution in [1.82, 2.24) is 14.6 Å². The fourth-order valence-electron chi connectivity index (χ4n) is 2.03. The van der Waals surface area contributed by atoms with E-state index < -0.39 is 6.10 Å². The highest BCUT2D eigenvalue weighted by Gasteiger charge is 2.12. The van der Waals surface area contributed by atoms with Crippen LogP contribution in [0.25, 0.3) is 5.52 Å². The minimum absolute atomic E-state index is 0.423. The summed E-state index contributed by atoms with van der Waals surface area (Å²) in [5.41, 5.74) is 1.78. The van der Waals surface area contributed by atoms with Crippen molar-refractivity contribution in [2.24, 2.45) is 0 Å². The van der Waals surface area contributed by atoms with Gasteiger partial charge in [0, 0.05) is 18.0 Å². The second-order valence-electron chi connectivity index (χ2n) is 4.37. The Morgan fingerprint density at radius 1 is 1.29 bits per heavy atom. The van der Waals surface area contributed by atoms with Crippen molar-refractivity contribution in [3.05, 3.63) is 30.4 Å². The lowest BCUT2D eigenvalue weighted by Crippen LogP contribution is -1.97. The second kappa shape index (κ2) is 5.77. The predicted octanol–water partition coefficient (Wildman–Crippen LogP) is 2.73. The van der Waals surface area contributed by atoms with Gasteiger partial charge in [0.15, 0.2) is 0 Å². The standard InChI is InChI=1S/C13H19N3O/c1-2-3-4-5-6-13(17)11-9-15-16-8-7-14-10-12(11)16/h7-10,13,17H,2-6H2,1H3. The number of hydrogen-bond donors (Lipinski definition) is 1. The fraction of sp³-hybridized carbons (Fsp3) is 0.538.